The summed E-state index contributed by atoms with van der Waals surface area (Å²) in [6, 6.07) is 13.8. The van der Waals surface area contributed by atoms with Gasteiger partial charge in [0.15, 0.2) is 11.2 Å². The minimum Gasteiger partial charge on any atom is -0.320 e. The molecule has 0 N–H and O–H groups in total. The Hall–Kier alpha value is -3.48. The fourth-order valence-electron chi connectivity index (χ4n) is 3.62. The molecule has 160 valence electrons. The molecule has 31 heavy (non-hydrogen) atoms. The second-order valence-corrected chi connectivity index (χ2v) is 8.27. The van der Waals surface area contributed by atoms with E-state index >= 15 is 0 Å². The number of aryl methyl sites for hydroxylation is 1. The number of hydrogen-bond donors (Lipinski definition) is 0. The van der Waals surface area contributed by atoms with Crippen molar-refractivity contribution in [2.45, 2.75) is 40.3 Å². The van der Waals surface area contributed by atoms with Crippen LogP contribution in [0.2, 0.25) is 0 Å². The highest BCUT2D eigenvalue weighted by Crippen LogP contribution is 2.16. The summed E-state index contributed by atoms with van der Waals surface area (Å²) < 4.78 is 18.2. The van der Waals surface area contributed by atoms with Gasteiger partial charge in [0.05, 0.1) is 12.0 Å². The van der Waals surface area contributed by atoms with Gasteiger partial charge in [0, 0.05) is 13.1 Å². The van der Waals surface area contributed by atoms with Gasteiger partial charge in [0.2, 0.25) is 0 Å². The maximum absolute atomic E-state index is 13.9. The number of benzene rings is 2. The third kappa shape index (κ3) is 4.08. The topological polar surface area (TPSA) is 61.8 Å². The van der Waals surface area contributed by atoms with Gasteiger partial charge in [-0.2, -0.15) is 0 Å². The standard InChI is InChI=1S/C24H25FN4O2/c1-16(2)11-12-28-23(30)21-22(29(24(28)31)20-6-4-5-19(25)13-20)26-15-27(21)14-18-9-7-17(3)8-10-18/h4-10,13,15-16H,11-12,14H2,1-3H3. The Morgan fingerprint density at radius 3 is 2.48 bits per heavy atom. The summed E-state index contributed by atoms with van der Waals surface area (Å²) in [4.78, 5) is 31.0. The van der Waals surface area contributed by atoms with Crippen LogP contribution < -0.4 is 11.2 Å². The lowest BCUT2D eigenvalue weighted by Gasteiger charge is -2.14. The largest absolute Gasteiger partial charge is 0.337 e. The minimum atomic E-state index is -0.510. The SMILES string of the molecule is Cc1ccc(Cn2cnc3c2c(=O)n(CCC(C)C)c(=O)n3-c2cccc(F)c2)cc1. The molecule has 0 amide bonds. The molecule has 0 spiro atoms. The summed E-state index contributed by atoms with van der Waals surface area (Å²) in [6.07, 6.45) is 2.24. The van der Waals surface area contributed by atoms with Gasteiger partial charge in [-0.1, -0.05) is 49.7 Å². The summed E-state index contributed by atoms with van der Waals surface area (Å²) in [5.74, 6) is -0.140. The maximum Gasteiger partial charge on any atom is 0.337 e. The van der Waals surface area contributed by atoms with E-state index in [0.29, 0.717) is 30.1 Å². The molecular formula is C24H25FN4O2. The van der Waals surface area contributed by atoms with E-state index in [2.05, 4.69) is 4.98 Å². The Bertz CT molecular complexity index is 1350. The normalized spacial score (nSPS) is 11.5. The second-order valence-electron chi connectivity index (χ2n) is 8.27. The fourth-order valence-corrected chi connectivity index (χ4v) is 3.62. The number of imidazole rings is 1. The molecule has 4 aromatic rings. The molecule has 0 saturated carbocycles. The van der Waals surface area contributed by atoms with Gasteiger partial charge in [-0.3, -0.25) is 9.36 Å². The molecular weight excluding hydrogens is 395 g/mol. The molecule has 0 atom stereocenters. The van der Waals surface area contributed by atoms with Crippen LogP contribution in [0.5, 0.6) is 0 Å². The van der Waals surface area contributed by atoms with Crippen molar-refractivity contribution in [3.63, 3.8) is 0 Å². The van der Waals surface area contributed by atoms with Gasteiger partial charge < -0.3 is 4.57 Å². The van der Waals surface area contributed by atoms with Crippen LogP contribution >= 0.6 is 0 Å². The zero-order chi connectivity index (χ0) is 22.1. The van der Waals surface area contributed by atoms with Gasteiger partial charge >= 0.3 is 5.69 Å². The van der Waals surface area contributed by atoms with E-state index in [1.165, 1.54) is 27.3 Å². The van der Waals surface area contributed by atoms with Crippen molar-refractivity contribution in [3.8, 4) is 5.69 Å². The highest BCUT2D eigenvalue weighted by Gasteiger charge is 2.19. The van der Waals surface area contributed by atoms with E-state index in [0.717, 1.165) is 11.1 Å². The number of fused-ring (bicyclic) bond motifs is 1. The summed E-state index contributed by atoms with van der Waals surface area (Å²) in [5.41, 5.74) is 2.18. The first kappa shape index (κ1) is 20.8. The Labute approximate surface area is 179 Å². The monoisotopic (exact) mass is 420 g/mol. The number of aromatic nitrogens is 4. The Kier molecular flexibility index (Phi) is 5.59. The molecule has 0 saturated heterocycles. The number of rotatable bonds is 6. The van der Waals surface area contributed by atoms with Crippen molar-refractivity contribution in [3.05, 3.63) is 92.6 Å². The molecule has 6 nitrogen and oxygen atoms in total. The average Bonchev–Trinajstić information content (AvgIpc) is 3.13. The second kappa shape index (κ2) is 8.34. The Morgan fingerprint density at radius 1 is 1.06 bits per heavy atom. The van der Waals surface area contributed by atoms with Crippen LogP contribution in [0.25, 0.3) is 16.9 Å². The first-order chi connectivity index (χ1) is 14.8. The average molecular weight is 420 g/mol. The van der Waals surface area contributed by atoms with Crippen LogP contribution in [0.4, 0.5) is 4.39 Å². The zero-order valence-corrected chi connectivity index (χ0v) is 17.9. The Balaban J connectivity index is 1.95. The minimum absolute atomic E-state index is 0.230. The molecule has 0 unspecified atom stereocenters. The van der Waals surface area contributed by atoms with Crippen LogP contribution in [0, 0.1) is 18.7 Å². The first-order valence-electron chi connectivity index (χ1n) is 10.4. The van der Waals surface area contributed by atoms with Crippen LogP contribution in [0.15, 0.2) is 64.4 Å². The summed E-state index contributed by atoms with van der Waals surface area (Å²) >= 11 is 0. The molecule has 0 aliphatic heterocycles. The highest BCUT2D eigenvalue weighted by atomic mass is 19.1. The van der Waals surface area contributed by atoms with Crippen molar-refractivity contribution in [1.82, 2.24) is 18.7 Å². The molecule has 0 radical (unpaired) electrons. The van der Waals surface area contributed by atoms with Crippen LogP contribution in [-0.4, -0.2) is 18.7 Å². The van der Waals surface area contributed by atoms with Crippen molar-refractivity contribution in [1.29, 1.82) is 0 Å². The van der Waals surface area contributed by atoms with Gasteiger partial charge in [-0.15, -0.1) is 0 Å². The third-order valence-corrected chi connectivity index (χ3v) is 5.37. The molecule has 0 bridgehead atoms. The van der Waals surface area contributed by atoms with Gasteiger partial charge in [0.1, 0.15) is 5.82 Å². The van der Waals surface area contributed by atoms with E-state index in [1.807, 2.05) is 45.0 Å². The van der Waals surface area contributed by atoms with E-state index in [1.54, 1.807) is 17.0 Å². The molecule has 4 rings (SSSR count). The van der Waals surface area contributed by atoms with E-state index in [-0.39, 0.29) is 17.8 Å². The molecule has 0 aliphatic rings. The van der Waals surface area contributed by atoms with Crippen molar-refractivity contribution in [2.24, 2.45) is 5.92 Å². The van der Waals surface area contributed by atoms with Crippen molar-refractivity contribution >= 4 is 11.2 Å². The lowest BCUT2D eigenvalue weighted by atomic mass is 10.1. The molecule has 2 aromatic carbocycles. The molecule has 0 aliphatic carbocycles. The quantitative estimate of drug-likeness (QED) is 0.475. The molecule has 0 fully saturated rings. The number of hydrogen-bond acceptors (Lipinski definition) is 3. The summed E-state index contributed by atoms with van der Waals surface area (Å²) in [6.45, 7) is 6.82. The van der Waals surface area contributed by atoms with Crippen LogP contribution in [-0.2, 0) is 13.1 Å². The lowest BCUT2D eigenvalue weighted by Crippen LogP contribution is -2.40. The maximum atomic E-state index is 13.9. The summed E-state index contributed by atoms with van der Waals surface area (Å²) in [7, 11) is 0. The third-order valence-electron chi connectivity index (χ3n) is 5.37. The Morgan fingerprint density at radius 2 is 1.81 bits per heavy atom. The van der Waals surface area contributed by atoms with Crippen molar-refractivity contribution < 1.29 is 4.39 Å². The smallest absolute Gasteiger partial charge is 0.320 e. The fraction of sp³-hybridized carbons (Fsp3) is 0.292. The van der Waals surface area contributed by atoms with Crippen LogP contribution in [0.3, 0.4) is 0 Å². The summed E-state index contributed by atoms with van der Waals surface area (Å²) in [5, 5.41) is 0. The van der Waals surface area contributed by atoms with E-state index in [9.17, 15) is 14.0 Å². The van der Waals surface area contributed by atoms with E-state index in [4.69, 9.17) is 0 Å². The predicted octanol–water partition coefficient (Wildman–Crippen LogP) is 3.89. The lowest BCUT2D eigenvalue weighted by molar-refractivity contribution is 0.491. The van der Waals surface area contributed by atoms with Gasteiger partial charge in [-0.25, -0.2) is 18.7 Å². The van der Waals surface area contributed by atoms with Crippen LogP contribution in [0.1, 0.15) is 31.4 Å². The van der Waals surface area contributed by atoms with Gasteiger partial charge in [-0.05, 0) is 43.0 Å². The predicted molar refractivity (Wildman–Crippen MR) is 119 cm³/mol. The number of nitrogens with zero attached hydrogens (tertiary/aromatic N) is 4. The molecule has 2 aromatic heterocycles. The van der Waals surface area contributed by atoms with E-state index < -0.39 is 11.5 Å². The van der Waals surface area contributed by atoms with Gasteiger partial charge in [0.25, 0.3) is 5.56 Å². The molecule has 2 heterocycles. The number of halogens is 1. The molecule has 7 heteroatoms. The van der Waals surface area contributed by atoms with Crippen molar-refractivity contribution in [2.75, 3.05) is 0 Å². The highest BCUT2D eigenvalue weighted by molar-refractivity contribution is 5.72. The zero-order valence-electron chi connectivity index (χ0n) is 17.9. The first-order valence-corrected chi connectivity index (χ1v) is 10.4.